The van der Waals surface area contributed by atoms with Gasteiger partial charge in [0.05, 0.1) is 10.7 Å². The first-order valence-electron chi connectivity index (χ1n) is 7.87. The third-order valence-corrected chi connectivity index (χ3v) is 5.80. The van der Waals surface area contributed by atoms with Crippen molar-refractivity contribution in [3.8, 4) is 0 Å². The number of nitrogens with zero attached hydrogens (tertiary/aromatic N) is 1. The second-order valence-electron chi connectivity index (χ2n) is 6.07. The molecule has 0 saturated heterocycles. The van der Waals surface area contributed by atoms with Crippen molar-refractivity contribution in [3.63, 3.8) is 0 Å². The second kappa shape index (κ2) is 6.29. The molecule has 0 fully saturated rings. The van der Waals surface area contributed by atoms with Gasteiger partial charge >= 0.3 is 0 Å². The van der Waals surface area contributed by atoms with Gasteiger partial charge in [-0.1, -0.05) is 24.3 Å². The number of thiazole rings is 1. The predicted octanol–water partition coefficient (Wildman–Crippen LogP) is 4.22. The fourth-order valence-corrected chi connectivity index (χ4v) is 4.53. The van der Waals surface area contributed by atoms with Gasteiger partial charge in [0.25, 0.3) is 0 Å². The van der Waals surface area contributed by atoms with Crippen molar-refractivity contribution in [2.75, 3.05) is 7.05 Å². The molecular weight excluding hydrogens is 276 g/mol. The maximum absolute atomic E-state index is 4.75. The van der Waals surface area contributed by atoms with Crippen LogP contribution in [0.15, 0.2) is 24.3 Å². The molecule has 2 aromatic rings. The first-order chi connectivity index (χ1) is 10.2. The van der Waals surface area contributed by atoms with Gasteiger partial charge < -0.3 is 5.32 Å². The van der Waals surface area contributed by atoms with Gasteiger partial charge in [-0.15, -0.1) is 11.3 Å². The van der Waals surface area contributed by atoms with Gasteiger partial charge in [-0.05, 0) is 57.2 Å². The van der Waals surface area contributed by atoms with E-state index in [1.165, 1.54) is 46.0 Å². The van der Waals surface area contributed by atoms with Crippen LogP contribution in [0.5, 0.6) is 0 Å². The summed E-state index contributed by atoms with van der Waals surface area (Å²) in [4.78, 5) is 6.11. The minimum Gasteiger partial charge on any atom is -0.313 e. The summed E-state index contributed by atoms with van der Waals surface area (Å²) in [5.74, 6) is 0.642. The first kappa shape index (κ1) is 14.7. The van der Waals surface area contributed by atoms with E-state index in [9.17, 15) is 0 Å². The Morgan fingerprint density at radius 3 is 2.81 bits per heavy atom. The maximum atomic E-state index is 4.75. The number of fused-ring (bicyclic) bond motifs is 1. The van der Waals surface area contributed by atoms with Gasteiger partial charge in [0.2, 0.25) is 0 Å². The topological polar surface area (TPSA) is 24.9 Å². The Balaban J connectivity index is 1.87. The number of benzene rings is 1. The van der Waals surface area contributed by atoms with E-state index < -0.39 is 0 Å². The third kappa shape index (κ3) is 3.04. The van der Waals surface area contributed by atoms with E-state index in [2.05, 4.69) is 50.5 Å². The molecule has 1 N–H and O–H groups in total. The van der Waals surface area contributed by atoms with Crippen molar-refractivity contribution in [1.29, 1.82) is 0 Å². The summed E-state index contributed by atoms with van der Waals surface area (Å²) in [6.45, 7) is 4.29. The van der Waals surface area contributed by atoms with Gasteiger partial charge in [-0.25, -0.2) is 4.98 Å². The van der Waals surface area contributed by atoms with Crippen molar-refractivity contribution < 1.29 is 0 Å². The van der Waals surface area contributed by atoms with Crippen LogP contribution in [0.25, 0.3) is 0 Å². The van der Waals surface area contributed by atoms with Crippen LogP contribution in [0.3, 0.4) is 0 Å². The monoisotopic (exact) mass is 300 g/mol. The summed E-state index contributed by atoms with van der Waals surface area (Å²) in [7, 11) is 2.10. The van der Waals surface area contributed by atoms with Crippen molar-refractivity contribution in [1.82, 2.24) is 10.3 Å². The maximum Gasteiger partial charge on any atom is 0.0934 e. The number of hydrogen-bond donors (Lipinski definition) is 1. The molecule has 1 aliphatic rings. The van der Waals surface area contributed by atoms with E-state index >= 15 is 0 Å². The predicted molar refractivity (Wildman–Crippen MR) is 90.0 cm³/mol. The Labute approximate surface area is 131 Å². The first-order valence-corrected chi connectivity index (χ1v) is 8.68. The molecule has 2 unspecified atom stereocenters. The highest BCUT2D eigenvalue weighted by Gasteiger charge is 2.27. The summed E-state index contributed by atoms with van der Waals surface area (Å²) in [6.07, 6.45) is 4.86. The normalized spacial score (nSPS) is 21.9. The molecule has 21 heavy (non-hydrogen) atoms. The highest BCUT2D eigenvalue weighted by atomic mass is 32.1. The molecule has 0 bridgehead atoms. The van der Waals surface area contributed by atoms with Crippen LogP contribution in [0.1, 0.15) is 45.6 Å². The summed E-state index contributed by atoms with van der Waals surface area (Å²) < 4.78 is 0. The Morgan fingerprint density at radius 1 is 1.29 bits per heavy atom. The van der Waals surface area contributed by atoms with E-state index in [0.29, 0.717) is 12.0 Å². The van der Waals surface area contributed by atoms with Crippen molar-refractivity contribution in [2.24, 2.45) is 5.92 Å². The minimum absolute atomic E-state index is 0.452. The smallest absolute Gasteiger partial charge is 0.0934 e. The average molecular weight is 300 g/mol. The molecule has 0 amide bonds. The SMILES string of the molecule is CNC1c2ccccc2CCCC1Cc1nc(C)c(C)s1. The van der Waals surface area contributed by atoms with E-state index in [1.54, 1.807) is 0 Å². The average Bonchev–Trinajstić information content (AvgIpc) is 2.70. The molecule has 3 rings (SSSR count). The highest BCUT2D eigenvalue weighted by molar-refractivity contribution is 7.11. The van der Waals surface area contributed by atoms with E-state index in [-0.39, 0.29) is 0 Å². The highest BCUT2D eigenvalue weighted by Crippen LogP contribution is 2.35. The number of hydrogen-bond acceptors (Lipinski definition) is 3. The van der Waals surface area contributed by atoms with Gasteiger partial charge in [0, 0.05) is 17.3 Å². The Morgan fingerprint density at radius 2 is 2.10 bits per heavy atom. The fraction of sp³-hybridized carbons (Fsp3) is 0.500. The van der Waals surface area contributed by atoms with Crippen LogP contribution in [0.4, 0.5) is 0 Å². The van der Waals surface area contributed by atoms with Crippen LogP contribution >= 0.6 is 11.3 Å². The quantitative estimate of drug-likeness (QED) is 0.859. The molecule has 0 spiro atoms. The molecule has 0 saturated carbocycles. The third-order valence-electron chi connectivity index (χ3n) is 4.70. The zero-order valence-electron chi connectivity index (χ0n) is 13.1. The molecule has 112 valence electrons. The van der Waals surface area contributed by atoms with Gasteiger partial charge in [0.15, 0.2) is 0 Å². The van der Waals surface area contributed by atoms with Gasteiger partial charge in [-0.2, -0.15) is 0 Å². The van der Waals surface area contributed by atoms with E-state index in [1.807, 2.05) is 11.3 Å². The minimum atomic E-state index is 0.452. The Hall–Kier alpha value is -1.19. The Kier molecular flexibility index (Phi) is 4.41. The molecule has 1 heterocycles. The zero-order valence-corrected chi connectivity index (χ0v) is 14.0. The molecule has 1 aliphatic carbocycles. The van der Waals surface area contributed by atoms with E-state index in [0.717, 1.165) is 6.42 Å². The Bertz CT molecular complexity index is 598. The lowest BCUT2D eigenvalue weighted by Gasteiger charge is -2.25. The molecule has 1 aromatic carbocycles. The van der Waals surface area contributed by atoms with Gasteiger partial charge in [-0.3, -0.25) is 0 Å². The molecule has 1 aromatic heterocycles. The standard InChI is InChI=1S/C18H24N2S/c1-12-13(2)21-17(20-12)11-15-9-6-8-14-7-4-5-10-16(14)18(15)19-3/h4-5,7,10,15,18-19H,6,8-9,11H2,1-3H3. The number of aryl methyl sites for hydroxylation is 3. The van der Waals surface area contributed by atoms with Crippen LogP contribution in [-0.4, -0.2) is 12.0 Å². The van der Waals surface area contributed by atoms with Crippen LogP contribution < -0.4 is 5.32 Å². The zero-order chi connectivity index (χ0) is 14.8. The summed E-state index contributed by atoms with van der Waals surface area (Å²) in [5.41, 5.74) is 4.21. The summed E-state index contributed by atoms with van der Waals surface area (Å²) in [6, 6.07) is 9.38. The molecule has 3 heteroatoms. The molecular formula is C18H24N2S. The fourth-order valence-electron chi connectivity index (χ4n) is 3.50. The lowest BCUT2D eigenvalue weighted by molar-refractivity contribution is 0.358. The van der Waals surface area contributed by atoms with Crippen molar-refractivity contribution in [3.05, 3.63) is 51.0 Å². The van der Waals surface area contributed by atoms with Crippen LogP contribution in [0, 0.1) is 19.8 Å². The molecule has 0 aliphatic heterocycles. The van der Waals surface area contributed by atoms with Crippen LogP contribution in [-0.2, 0) is 12.8 Å². The van der Waals surface area contributed by atoms with Crippen molar-refractivity contribution >= 4 is 11.3 Å². The summed E-state index contributed by atoms with van der Waals surface area (Å²) >= 11 is 1.87. The van der Waals surface area contributed by atoms with Crippen LogP contribution in [0.2, 0.25) is 0 Å². The number of rotatable bonds is 3. The summed E-state index contributed by atoms with van der Waals surface area (Å²) in [5, 5.41) is 4.87. The van der Waals surface area contributed by atoms with E-state index in [4.69, 9.17) is 4.98 Å². The van der Waals surface area contributed by atoms with Crippen molar-refractivity contribution in [2.45, 2.75) is 45.6 Å². The second-order valence-corrected chi connectivity index (χ2v) is 7.36. The molecule has 2 nitrogen and oxygen atoms in total. The molecule has 2 atom stereocenters. The largest absolute Gasteiger partial charge is 0.313 e. The lowest BCUT2D eigenvalue weighted by Crippen LogP contribution is -2.26. The van der Waals surface area contributed by atoms with Gasteiger partial charge in [0.1, 0.15) is 0 Å². The molecule has 0 radical (unpaired) electrons. The lowest BCUT2D eigenvalue weighted by atomic mass is 9.88. The number of aromatic nitrogens is 1. The number of nitrogens with one attached hydrogen (secondary N) is 1.